The van der Waals surface area contributed by atoms with Crippen molar-refractivity contribution >= 4 is 29.9 Å². The second-order valence-corrected chi connectivity index (χ2v) is 5.78. The maximum atomic E-state index is 12.9. The topological polar surface area (TPSA) is 58.5 Å². The number of hydrogen-bond donors (Lipinski definition) is 2. The molecule has 0 fully saturated rings. The number of benzene rings is 1. The molecule has 2 N–H and O–H groups in total. The van der Waals surface area contributed by atoms with Crippen molar-refractivity contribution in [2.45, 2.75) is 26.8 Å². The van der Waals surface area contributed by atoms with Crippen LogP contribution in [0.15, 0.2) is 35.5 Å². The largest absolute Gasteiger partial charge is 0.496 e. The van der Waals surface area contributed by atoms with E-state index in [1.165, 1.54) is 12.1 Å². The van der Waals surface area contributed by atoms with Crippen LogP contribution in [-0.2, 0) is 13.0 Å². The predicted molar refractivity (Wildman–Crippen MR) is 114 cm³/mol. The van der Waals surface area contributed by atoms with Gasteiger partial charge in [0.1, 0.15) is 11.6 Å². The van der Waals surface area contributed by atoms with E-state index in [0.717, 1.165) is 34.6 Å². The zero-order valence-corrected chi connectivity index (χ0v) is 17.9. The maximum absolute atomic E-state index is 12.9. The van der Waals surface area contributed by atoms with E-state index in [4.69, 9.17) is 4.74 Å². The molecule has 0 saturated carbocycles. The molecule has 0 amide bonds. The van der Waals surface area contributed by atoms with Crippen molar-refractivity contribution in [1.82, 2.24) is 15.6 Å². The lowest BCUT2D eigenvalue weighted by molar-refractivity contribution is 0.406. The van der Waals surface area contributed by atoms with Crippen molar-refractivity contribution in [3.8, 4) is 5.75 Å². The average molecular weight is 472 g/mol. The minimum atomic E-state index is -0.217. The van der Waals surface area contributed by atoms with Crippen molar-refractivity contribution in [3.05, 3.63) is 58.7 Å². The summed E-state index contributed by atoms with van der Waals surface area (Å²) < 4.78 is 18.3. The summed E-state index contributed by atoms with van der Waals surface area (Å²) in [6.07, 6.45) is 2.60. The summed E-state index contributed by atoms with van der Waals surface area (Å²) in [6.45, 7) is 5.24. The number of hydrogen-bond acceptors (Lipinski definition) is 3. The van der Waals surface area contributed by atoms with Gasteiger partial charge in [0, 0.05) is 30.9 Å². The molecule has 0 unspecified atom stereocenters. The predicted octanol–water partition coefficient (Wildman–Crippen LogP) is 3.37. The number of aliphatic imine (C=N–C) groups is 1. The van der Waals surface area contributed by atoms with E-state index in [1.54, 1.807) is 26.3 Å². The Bertz CT molecular complexity index is 735. The third-order valence-corrected chi connectivity index (χ3v) is 4.02. The first kappa shape index (κ1) is 22.1. The minimum Gasteiger partial charge on any atom is -0.496 e. The number of pyridine rings is 1. The highest BCUT2D eigenvalue weighted by molar-refractivity contribution is 14.0. The summed E-state index contributed by atoms with van der Waals surface area (Å²) >= 11 is 0. The third kappa shape index (κ3) is 6.12. The van der Waals surface area contributed by atoms with E-state index < -0.39 is 0 Å². The van der Waals surface area contributed by atoms with Gasteiger partial charge in [0.15, 0.2) is 5.96 Å². The van der Waals surface area contributed by atoms with Crippen molar-refractivity contribution < 1.29 is 9.13 Å². The van der Waals surface area contributed by atoms with E-state index in [2.05, 4.69) is 20.6 Å². The SMILES string of the molecule is CN=C(NCCc1ccc(F)cc1)NCc1ncc(C)c(OC)c1C.I. The fraction of sp³-hybridized carbons (Fsp3) is 0.368. The molecule has 0 radical (unpaired) electrons. The van der Waals surface area contributed by atoms with Gasteiger partial charge >= 0.3 is 0 Å². The standard InChI is InChI=1S/C19H25FN4O.HI/c1-13-11-23-17(14(2)18(13)25-4)12-24-19(21-3)22-10-9-15-5-7-16(20)8-6-15;/h5-8,11H,9-10,12H2,1-4H3,(H2,21,22,24);1H. The molecular formula is C19H26FIN4O. The molecule has 7 heteroatoms. The molecule has 0 spiro atoms. The van der Waals surface area contributed by atoms with Crippen LogP contribution >= 0.6 is 24.0 Å². The second-order valence-electron chi connectivity index (χ2n) is 5.78. The summed E-state index contributed by atoms with van der Waals surface area (Å²) in [4.78, 5) is 8.68. The highest BCUT2D eigenvalue weighted by Gasteiger charge is 2.09. The van der Waals surface area contributed by atoms with Gasteiger partial charge in [-0.2, -0.15) is 0 Å². The first-order valence-corrected chi connectivity index (χ1v) is 8.23. The zero-order chi connectivity index (χ0) is 18.2. The zero-order valence-electron chi connectivity index (χ0n) is 15.6. The Kier molecular flexibility index (Phi) is 9.32. The molecule has 0 atom stereocenters. The van der Waals surface area contributed by atoms with E-state index in [1.807, 2.05) is 20.0 Å². The minimum absolute atomic E-state index is 0. The summed E-state index contributed by atoms with van der Waals surface area (Å²) in [5.74, 6) is 1.35. The quantitative estimate of drug-likeness (QED) is 0.385. The lowest BCUT2D eigenvalue weighted by Gasteiger charge is -2.15. The number of aryl methyl sites for hydroxylation is 1. The number of nitrogens with one attached hydrogen (secondary N) is 2. The molecule has 5 nitrogen and oxygen atoms in total. The van der Waals surface area contributed by atoms with Gasteiger partial charge in [-0.05, 0) is 38.0 Å². The molecular weight excluding hydrogens is 446 g/mol. The number of guanidine groups is 1. The van der Waals surface area contributed by atoms with Gasteiger partial charge in [-0.15, -0.1) is 24.0 Å². The van der Waals surface area contributed by atoms with Gasteiger partial charge in [-0.1, -0.05) is 12.1 Å². The van der Waals surface area contributed by atoms with Gasteiger partial charge in [-0.3, -0.25) is 9.98 Å². The molecule has 1 aromatic carbocycles. The average Bonchev–Trinajstić information content (AvgIpc) is 2.61. The summed E-state index contributed by atoms with van der Waals surface area (Å²) in [5.41, 5.74) is 4.04. The molecule has 0 aliphatic rings. The van der Waals surface area contributed by atoms with Gasteiger partial charge in [0.2, 0.25) is 0 Å². The van der Waals surface area contributed by atoms with Crippen LogP contribution in [0.2, 0.25) is 0 Å². The van der Waals surface area contributed by atoms with Crippen molar-refractivity contribution in [3.63, 3.8) is 0 Å². The van der Waals surface area contributed by atoms with Gasteiger partial charge in [0.25, 0.3) is 0 Å². The summed E-state index contributed by atoms with van der Waals surface area (Å²) in [5, 5.41) is 6.50. The Morgan fingerprint density at radius 3 is 2.50 bits per heavy atom. The molecule has 26 heavy (non-hydrogen) atoms. The maximum Gasteiger partial charge on any atom is 0.191 e. The van der Waals surface area contributed by atoms with Gasteiger partial charge in [0.05, 0.1) is 19.3 Å². The van der Waals surface area contributed by atoms with Gasteiger partial charge in [-0.25, -0.2) is 4.39 Å². The van der Waals surface area contributed by atoms with Crippen molar-refractivity contribution in [1.29, 1.82) is 0 Å². The first-order valence-electron chi connectivity index (χ1n) is 8.23. The molecule has 0 saturated heterocycles. The molecule has 0 bridgehead atoms. The molecule has 2 rings (SSSR count). The number of ether oxygens (including phenoxy) is 1. The monoisotopic (exact) mass is 472 g/mol. The normalized spacial score (nSPS) is 10.9. The third-order valence-electron chi connectivity index (χ3n) is 4.02. The number of nitrogens with zero attached hydrogens (tertiary/aromatic N) is 2. The number of halogens is 2. The molecule has 1 heterocycles. The molecule has 1 aromatic heterocycles. The van der Waals surface area contributed by atoms with Crippen LogP contribution < -0.4 is 15.4 Å². The highest BCUT2D eigenvalue weighted by Crippen LogP contribution is 2.23. The summed E-state index contributed by atoms with van der Waals surface area (Å²) in [7, 11) is 3.39. The lowest BCUT2D eigenvalue weighted by atomic mass is 10.1. The highest BCUT2D eigenvalue weighted by atomic mass is 127. The first-order chi connectivity index (χ1) is 12.0. The van der Waals surface area contributed by atoms with E-state index in [-0.39, 0.29) is 29.8 Å². The van der Waals surface area contributed by atoms with Crippen LogP contribution in [0, 0.1) is 19.7 Å². The Morgan fingerprint density at radius 2 is 1.88 bits per heavy atom. The summed E-state index contributed by atoms with van der Waals surface area (Å²) in [6, 6.07) is 6.53. The molecule has 0 aliphatic carbocycles. The van der Waals surface area contributed by atoms with Crippen LogP contribution in [0.5, 0.6) is 5.75 Å². The smallest absolute Gasteiger partial charge is 0.191 e. The number of rotatable bonds is 6. The lowest BCUT2D eigenvalue weighted by Crippen LogP contribution is -2.38. The van der Waals surface area contributed by atoms with Crippen LogP contribution in [-0.4, -0.2) is 31.6 Å². The fourth-order valence-electron chi connectivity index (χ4n) is 2.61. The Balaban J connectivity index is 0.00000338. The van der Waals surface area contributed by atoms with Crippen LogP contribution in [0.25, 0.3) is 0 Å². The van der Waals surface area contributed by atoms with Crippen LogP contribution in [0.4, 0.5) is 4.39 Å². The molecule has 2 aromatic rings. The number of methoxy groups -OCH3 is 1. The van der Waals surface area contributed by atoms with Gasteiger partial charge < -0.3 is 15.4 Å². The van der Waals surface area contributed by atoms with Crippen LogP contribution in [0.3, 0.4) is 0 Å². The van der Waals surface area contributed by atoms with Crippen molar-refractivity contribution in [2.75, 3.05) is 20.7 Å². The van der Waals surface area contributed by atoms with E-state index >= 15 is 0 Å². The van der Waals surface area contributed by atoms with Crippen molar-refractivity contribution in [2.24, 2.45) is 4.99 Å². The Morgan fingerprint density at radius 1 is 1.19 bits per heavy atom. The molecule has 142 valence electrons. The van der Waals surface area contributed by atoms with Crippen LogP contribution in [0.1, 0.15) is 22.4 Å². The Hall–Kier alpha value is -1.90. The molecule has 0 aliphatic heterocycles. The second kappa shape index (κ2) is 10.9. The fourth-order valence-corrected chi connectivity index (χ4v) is 2.61. The van der Waals surface area contributed by atoms with E-state index in [9.17, 15) is 4.39 Å². The Labute approximate surface area is 171 Å². The number of aromatic nitrogens is 1. The van der Waals surface area contributed by atoms with E-state index in [0.29, 0.717) is 19.0 Å².